The first kappa shape index (κ1) is 14.1. The molecule has 1 aromatic rings. The summed E-state index contributed by atoms with van der Waals surface area (Å²) >= 11 is 5.86. The van der Waals surface area contributed by atoms with Crippen LogP contribution in [-0.4, -0.2) is 18.9 Å². The molecule has 3 nitrogen and oxygen atoms in total. The van der Waals surface area contributed by atoms with E-state index in [1.807, 2.05) is 38.1 Å². The van der Waals surface area contributed by atoms with Gasteiger partial charge in [0.15, 0.2) is 0 Å². The molecule has 100 valence electrons. The van der Waals surface area contributed by atoms with Crippen molar-refractivity contribution in [1.29, 1.82) is 0 Å². The van der Waals surface area contributed by atoms with E-state index in [0.717, 1.165) is 12.0 Å². The van der Waals surface area contributed by atoms with Crippen LogP contribution >= 0.6 is 19.2 Å². The van der Waals surface area contributed by atoms with Crippen LogP contribution < -0.4 is 0 Å². The first-order valence-corrected chi connectivity index (χ1v) is 8.24. The standard InChI is InChI=1S/C13H18ClO3P/c1-3-16-18(15,17-4-2)13-9-12(13)10-5-7-11(14)8-6-10/h5-8,12-13H,3-4,9H2,1-2H3/t12-,13+/m0/s1. The van der Waals surface area contributed by atoms with Gasteiger partial charge in [-0.3, -0.25) is 4.57 Å². The minimum absolute atomic E-state index is 0.00132. The number of halogens is 1. The lowest BCUT2D eigenvalue weighted by Gasteiger charge is -2.17. The van der Waals surface area contributed by atoms with Crippen molar-refractivity contribution in [3.63, 3.8) is 0 Å². The lowest BCUT2D eigenvalue weighted by molar-refractivity contribution is 0.218. The van der Waals surface area contributed by atoms with Gasteiger partial charge >= 0.3 is 7.60 Å². The summed E-state index contributed by atoms with van der Waals surface area (Å²) < 4.78 is 23.3. The van der Waals surface area contributed by atoms with Gasteiger partial charge in [-0.15, -0.1) is 0 Å². The maximum atomic E-state index is 12.6. The molecule has 0 N–H and O–H groups in total. The van der Waals surface area contributed by atoms with Crippen LogP contribution in [0.15, 0.2) is 24.3 Å². The molecule has 0 heterocycles. The Kier molecular flexibility index (Phi) is 4.50. The molecule has 1 aliphatic carbocycles. The Morgan fingerprint density at radius 2 is 1.78 bits per heavy atom. The maximum absolute atomic E-state index is 12.6. The average molecular weight is 289 g/mol. The smallest absolute Gasteiger partial charge is 0.309 e. The van der Waals surface area contributed by atoms with Gasteiger partial charge in [-0.25, -0.2) is 0 Å². The molecule has 0 bridgehead atoms. The summed E-state index contributed by atoms with van der Waals surface area (Å²) in [6, 6.07) is 7.68. The number of hydrogen-bond donors (Lipinski definition) is 0. The van der Waals surface area contributed by atoms with E-state index in [2.05, 4.69) is 0 Å². The largest absolute Gasteiger partial charge is 0.334 e. The zero-order valence-corrected chi connectivity index (χ0v) is 12.3. The fraction of sp³-hybridized carbons (Fsp3) is 0.538. The van der Waals surface area contributed by atoms with Crippen LogP contribution in [0.25, 0.3) is 0 Å². The highest BCUT2D eigenvalue weighted by Crippen LogP contribution is 2.68. The Morgan fingerprint density at radius 1 is 1.22 bits per heavy atom. The summed E-state index contributed by atoms with van der Waals surface area (Å²) in [5.74, 6) is 0.270. The second-order valence-electron chi connectivity index (χ2n) is 4.34. The summed E-state index contributed by atoms with van der Waals surface area (Å²) in [5.41, 5.74) is 1.16. The Balaban J connectivity index is 2.08. The van der Waals surface area contributed by atoms with E-state index in [-0.39, 0.29) is 11.6 Å². The van der Waals surface area contributed by atoms with Crippen LogP contribution in [-0.2, 0) is 13.6 Å². The minimum atomic E-state index is -2.95. The van der Waals surface area contributed by atoms with Crippen molar-refractivity contribution >= 4 is 19.2 Å². The van der Waals surface area contributed by atoms with Gasteiger partial charge in [0.1, 0.15) is 0 Å². The van der Waals surface area contributed by atoms with Crippen molar-refractivity contribution in [3.8, 4) is 0 Å². The highest BCUT2D eigenvalue weighted by molar-refractivity contribution is 7.55. The van der Waals surface area contributed by atoms with Crippen LogP contribution in [0.3, 0.4) is 0 Å². The van der Waals surface area contributed by atoms with Crippen molar-refractivity contribution in [1.82, 2.24) is 0 Å². The molecule has 18 heavy (non-hydrogen) atoms. The third-order valence-corrected chi connectivity index (χ3v) is 5.95. The molecule has 0 unspecified atom stereocenters. The van der Waals surface area contributed by atoms with E-state index in [1.165, 1.54) is 0 Å². The van der Waals surface area contributed by atoms with E-state index in [4.69, 9.17) is 20.6 Å². The zero-order valence-electron chi connectivity index (χ0n) is 10.6. The highest BCUT2D eigenvalue weighted by Gasteiger charge is 2.53. The Morgan fingerprint density at radius 3 is 2.28 bits per heavy atom. The predicted octanol–water partition coefficient (Wildman–Crippen LogP) is 4.46. The van der Waals surface area contributed by atoms with Crippen LogP contribution in [0.4, 0.5) is 0 Å². The van der Waals surface area contributed by atoms with Gasteiger partial charge in [-0.1, -0.05) is 23.7 Å². The lowest BCUT2D eigenvalue weighted by Crippen LogP contribution is -2.02. The van der Waals surface area contributed by atoms with Crippen molar-refractivity contribution in [2.75, 3.05) is 13.2 Å². The first-order chi connectivity index (χ1) is 8.60. The third-order valence-electron chi connectivity index (χ3n) is 3.08. The predicted molar refractivity (Wildman–Crippen MR) is 73.5 cm³/mol. The van der Waals surface area contributed by atoms with Crippen molar-refractivity contribution in [2.24, 2.45) is 0 Å². The van der Waals surface area contributed by atoms with E-state index in [1.54, 1.807) is 0 Å². The molecule has 2 atom stereocenters. The van der Waals surface area contributed by atoms with Crippen molar-refractivity contribution < 1.29 is 13.6 Å². The fourth-order valence-corrected chi connectivity index (χ4v) is 4.59. The van der Waals surface area contributed by atoms with Gasteiger partial charge in [0.05, 0.1) is 18.9 Å². The number of rotatable bonds is 6. The van der Waals surface area contributed by atoms with Crippen LogP contribution in [0.5, 0.6) is 0 Å². The Bertz CT molecular complexity index is 436. The molecular formula is C13H18ClO3P. The summed E-state index contributed by atoms with van der Waals surface area (Å²) in [5, 5.41) is 0.716. The van der Waals surface area contributed by atoms with Gasteiger partial charge < -0.3 is 9.05 Å². The van der Waals surface area contributed by atoms with Crippen molar-refractivity contribution in [2.45, 2.75) is 31.8 Å². The lowest BCUT2D eigenvalue weighted by atomic mass is 10.1. The molecule has 0 radical (unpaired) electrons. The second kappa shape index (κ2) is 5.75. The third kappa shape index (κ3) is 2.97. The van der Waals surface area contributed by atoms with E-state index in [9.17, 15) is 4.57 Å². The number of hydrogen-bond acceptors (Lipinski definition) is 3. The maximum Gasteiger partial charge on any atom is 0.334 e. The quantitative estimate of drug-likeness (QED) is 0.725. The first-order valence-electron chi connectivity index (χ1n) is 6.25. The Labute approximate surface area is 113 Å². The van der Waals surface area contributed by atoms with E-state index in [0.29, 0.717) is 18.2 Å². The van der Waals surface area contributed by atoms with Gasteiger partial charge in [-0.2, -0.15) is 0 Å². The summed E-state index contributed by atoms with van der Waals surface area (Å²) in [6.45, 7) is 4.51. The average Bonchev–Trinajstić information content (AvgIpc) is 3.11. The molecular weight excluding hydrogens is 271 g/mol. The second-order valence-corrected chi connectivity index (χ2v) is 7.03. The minimum Gasteiger partial charge on any atom is -0.309 e. The highest BCUT2D eigenvalue weighted by atomic mass is 35.5. The molecule has 5 heteroatoms. The van der Waals surface area contributed by atoms with E-state index < -0.39 is 7.60 Å². The molecule has 0 aliphatic heterocycles. The summed E-state index contributed by atoms with van der Waals surface area (Å²) in [4.78, 5) is 0. The van der Waals surface area contributed by atoms with Crippen LogP contribution in [0, 0.1) is 0 Å². The molecule has 0 aromatic heterocycles. The molecule has 0 spiro atoms. The normalized spacial score (nSPS) is 23.1. The van der Waals surface area contributed by atoms with Gasteiger partial charge in [-0.05, 0) is 43.9 Å². The molecule has 0 saturated heterocycles. The van der Waals surface area contributed by atoms with E-state index >= 15 is 0 Å². The van der Waals surface area contributed by atoms with Gasteiger partial charge in [0.2, 0.25) is 0 Å². The topological polar surface area (TPSA) is 35.5 Å². The molecule has 1 fully saturated rings. The van der Waals surface area contributed by atoms with Crippen LogP contribution in [0.2, 0.25) is 5.02 Å². The summed E-state index contributed by atoms with van der Waals surface area (Å²) in [6.07, 6.45) is 0.860. The number of benzene rings is 1. The molecule has 1 aromatic carbocycles. The van der Waals surface area contributed by atoms with Crippen LogP contribution in [0.1, 0.15) is 31.7 Å². The Hall–Kier alpha value is -0.340. The molecule has 1 aliphatic rings. The van der Waals surface area contributed by atoms with Gasteiger partial charge in [0.25, 0.3) is 0 Å². The fourth-order valence-electron chi connectivity index (χ4n) is 2.19. The molecule has 1 saturated carbocycles. The van der Waals surface area contributed by atoms with Gasteiger partial charge in [0, 0.05) is 5.02 Å². The monoisotopic (exact) mass is 288 g/mol. The SMILES string of the molecule is CCOP(=O)(OCC)[C@@H]1C[C@H]1c1ccc(Cl)cc1. The van der Waals surface area contributed by atoms with Crippen molar-refractivity contribution in [3.05, 3.63) is 34.9 Å². The summed E-state index contributed by atoms with van der Waals surface area (Å²) in [7, 11) is -2.95. The zero-order chi connectivity index (χ0) is 13.2. The molecule has 2 rings (SSSR count). The molecule has 0 amide bonds.